The summed E-state index contributed by atoms with van der Waals surface area (Å²) in [6, 6.07) is 6.25. The van der Waals surface area contributed by atoms with Crippen LogP contribution in [0.1, 0.15) is 17.9 Å². The van der Waals surface area contributed by atoms with E-state index in [1.807, 2.05) is 0 Å². The van der Waals surface area contributed by atoms with Gasteiger partial charge in [0.1, 0.15) is 11.2 Å². The van der Waals surface area contributed by atoms with Crippen molar-refractivity contribution in [2.45, 2.75) is 18.4 Å². The molecule has 3 nitrogen and oxygen atoms in total. The molecular weight excluding hydrogens is 241 g/mol. The number of carbonyl (C=O) groups is 1. The van der Waals surface area contributed by atoms with E-state index < -0.39 is 6.10 Å². The number of halogens is 1. The Balaban J connectivity index is 2.22. The highest BCUT2D eigenvalue weighted by atomic mass is 32.2. The van der Waals surface area contributed by atoms with Gasteiger partial charge in [-0.1, -0.05) is 12.1 Å². The molecule has 0 bridgehead atoms. The molecule has 1 N–H and O–H groups in total. The Morgan fingerprint density at radius 3 is 3.06 bits per heavy atom. The molecular formula is C12H14FNO2S. The van der Waals surface area contributed by atoms with Crippen LogP contribution in [0.25, 0.3) is 0 Å². The Bertz CT molecular complexity index is 425. The third-order valence-corrected chi connectivity index (χ3v) is 3.82. The van der Waals surface area contributed by atoms with Gasteiger partial charge in [-0.05, 0) is 24.6 Å². The fourth-order valence-electron chi connectivity index (χ4n) is 1.87. The van der Waals surface area contributed by atoms with Gasteiger partial charge in [-0.3, -0.25) is 4.79 Å². The molecule has 1 amide bonds. The Morgan fingerprint density at radius 1 is 1.65 bits per heavy atom. The van der Waals surface area contributed by atoms with Crippen LogP contribution < -0.4 is 0 Å². The van der Waals surface area contributed by atoms with Crippen molar-refractivity contribution in [1.29, 1.82) is 0 Å². The molecule has 1 aromatic carbocycles. The zero-order chi connectivity index (χ0) is 12.4. The number of β-amino-alcohol motifs (C(OH)–C–C–N with tert-alkyl or cyclic N) is 1. The van der Waals surface area contributed by atoms with Gasteiger partial charge in [-0.15, -0.1) is 11.8 Å². The quantitative estimate of drug-likeness (QED) is 0.895. The summed E-state index contributed by atoms with van der Waals surface area (Å²) >= 11 is 1.46. The molecule has 1 aromatic rings. The highest BCUT2D eigenvalue weighted by Crippen LogP contribution is 2.38. The fourth-order valence-corrected chi connectivity index (χ4v) is 3.06. The van der Waals surface area contributed by atoms with Crippen molar-refractivity contribution in [1.82, 2.24) is 4.90 Å². The van der Waals surface area contributed by atoms with E-state index in [1.54, 1.807) is 24.0 Å². The molecule has 0 saturated carbocycles. The second-order valence-corrected chi connectivity index (χ2v) is 5.18. The van der Waals surface area contributed by atoms with Crippen LogP contribution in [0.2, 0.25) is 0 Å². The molecule has 92 valence electrons. The number of aliphatic hydroxyl groups is 1. The molecule has 1 aliphatic heterocycles. The van der Waals surface area contributed by atoms with E-state index >= 15 is 0 Å². The smallest absolute Gasteiger partial charge is 0.233 e. The van der Waals surface area contributed by atoms with Crippen molar-refractivity contribution < 1.29 is 14.3 Å². The summed E-state index contributed by atoms with van der Waals surface area (Å²) in [7, 11) is 0. The van der Waals surface area contributed by atoms with Gasteiger partial charge in [0.2, 0.25) is 5.91 Å². The molecule has 2 atom stereocenters. The standard InChI is InChI=1S/C12H14FNO2S/c1-8(15)6-14-11(16)7-17-12(14)9-3-2-4-10(13)5-9/h2-5,8,12,15H,6-7H2,1H3/t8-,12+/m0/s1. The number of hydrogen-bond donors (Lipinski definition) is 1. The van der Waals surface area contributed by atoms with Gasteiger partial charge in [0, 0.05) is 6.54 Å². The number of rotatable bonds is 3. The molecule has 0 spiro atoms. The molecule has 17 heavy (non-hydrogen) atoms. The van der Waals surface area contributed by atoms with Crippen LogP contribution >= 0.6 is 11.8 Å². The maximum Gasteiger partial charge on any atom is 0.233 e. The minimum Gasteiger partial charge on any atom is -0.392 e. The highest BCUT2D eigenvalue weighted by molar-refractivity contribution is 8.00. The molecule has 1 fully saturated rings. The summed E-state index contributed by atoms with van der Waals surface area (Å²) in [5.74, 6) is 0.0677. The first-order valence-electron chi connectivity index (χ1n) is 5.42. The molecule has 1 aliphatic rings. The van der Waals surface area contributed by atoms with E-state index in [9.17, 15) is 14.3 Å². The number of benzene rings is 1. The third-order valence-electron chi connectivity index (χ3n) is 2.56. The Hall–Kier alpha value is -1.07. The van der Waals surface area contributed by atoms with Crippen molar-refractivity contribution >= 4 is 17.7 Å². The summed E-state index contributed by atoms with van der Waals surface area (Å²) in [5, 5.41) is 9.19. The molecule has 0 radical (unpaired) electrons. The molecule has 2 rings (SSSR count). The first-order valence-corrected chi connectivity index (χ1v) is 6.47. The predicted molar refractivity (Wildman–Crippen MR) is 65.0 cm³/mol. The van der Waals surface area contributed by atoms with Crippen LogP contribution in [0.4, 0.5) is 4.39 Å². The van der Waals surface area contributed by atoms with Crippen LogP contribution in [0.5, 0.6) is 0 Å². The van der Waals surface area contributed by atoms with Gasteiger partial charge in [0.15, 0.2) is 0 Å². The second kappa shape index (κ2) is 5.06. The van der Waals surface area contributed by atoms with Gasteiger partial charge >= 0.3 is 0 Å². The van der Waals surface area contributed by atoms with Gasteiger partial charge in [0.05, 0.1) is 11.9 Å². The van der Waals surface area contributed by atoms with E-state index in [0.29, 0.717) is 5.75 Å². The number of thioether (sulfide) groups is 1. The maximum atomic E-state index is 13.1. The van der Waals surface area contributed by atoms with Crippen LogP contribution in [-0.2, 0) is 4.79 Å². The van der Waals surface area contributed by atoms with Gasteiger partial charge in [-0.25, -0.2) is 4.39 Å². The molecule has 0 unspecified atom stereocenters. The lowest BCUT2D eigenvalue weighted by molar-refractivity contribution is -0.129. The number of nitrogens with zero attached hydrogens (tertiary/aromatic N) is 1. The summed E-state index contributed by atoms with van der Waals surface area (Å²) in [4.78, 5) is 13.3. The lowest BCUT2D eigenvalue weighted by Crippen LogP contribution is -2.34. The highest BCUT2D eigenvalue weighted by Gasteiger charge is 2.33. The number of carbonyl (C=O) groups excluding carboxylic acids is 1. The second-order valence-electron chi connectivity index (χ2n) is 4.11. The predicted octanol–water partition coefficient (Wildman–Crippen LogP) is 1.78. The summed E-state index contributed by atoms with van der Waals surface area (Å²) in [6.45, 7) is 1.92. The van der Waals surface area contributed by atoms with E-state index in [2.05, 4.69) is 0 Å². The largest absolute Gasteiger partial charge is 0.392 e. The molecule has 1 saturated heterocycles. The normalized spacial score (nSPS) is 21.9. The van der Waals surface area contributed by atoms with Crippen molar-refractivity contribution in [2.24, 2.45) is 0 Å². The van der Waals surface area contributed by atoms with Crippen molar-refractivity contribution in [3.63, 3.8) is 0 Å². The van der Waals surface area contributed by atoms with Crippen molar-refractivity contribution in [3.05, 3.63) is 35.6 Å². The summed E-state index contributed by atoms with van der Waals surface area (Å²) in [5.41, 5.74) is 0.765. The van der Waals surface area contributed by atoms with E-state index in [4.69, 9.17) is 0 Å². The van der Waals surface area contributed by atoms with Crippen LogP contribution in [-0.4, -0.2) is 34.3 Å². The van der Waals surface area contributed by atoms with E-state index in [-0.39, 0.29) is 23.6 Å². The first-order chi connectivity index (χ1) is 8.08. The van der Waals surface area contributed by atoms with Crippen LogP contribution in [0, 0.1) is 5.82 Å². The zero-order valence-corrected chi connectivity index (χ0v) is 10.3. The topological polar surface area (TPSA) is 40.5 Å². The minimum atomic E-state index is -0.575. The summed E-state index contributed by atoms with van der Waals surface area (Å²) in [6.07, 6.45) is -0.575. The van der Waals surface area contributed by atoms with Crippen LogP contribution in [0.15, 0.2) is 24.3 Å². The zero-order valence-electron chi connectivity index (χ0n) is 9.47. The Labute approximate surface area is 104 Å². The average Bonchev–Trinajstić information content (AvgIpc) is 2.60. The fraction of sp³-hybridized carbons (Fsp3) is 0.417. The third kappa shape index (κ3) is 2.79. The number of amides is 1. The Kier molecular flexibility index (Phi) is 3.69. The van der Waals surface area contributed by atoms with E-state index in [0.717, 1.165) is 5.56 Å². The molecule has 1 heterocycles. The van der Waals surface area contributed by atoms with Crippen molar-refractivity contribution in [2.75, 3.05) is 12.3 Å². The van der Waals surface area contributed by atoms with Gasteiger partial charge in [0.25, 0.3) is 0 Å². The first kappa shape index (κ1) is 12.4. The number of aliphatic hydroxyl groups excluding tert-OH is 1. The maximum absolute atomic E-state index is 13.1. The lowest BCUT2D eigenvalue weighted by atomic mass is 10.2. The average molecular weight is 255 g/mol. The molecule has 5 heteroatoms. The SMILES string of the molecule is C[C@H](O)CN1C(=O)CS[C@@H]1c1cccc(F)c1. The van der Waals surface area contributed by atoms with Gasteiger partial charge < -0.3 is 10.0 Å². The molecule has 0 aliphatic carbocycles. The van der Waals surface area contributed by atoms with Crippen molar-refractivity contribution in [3.8, 4) is 0 Å². The number of hydrogen-bond acceptors (Lipinski definition) is 3. The van der Waals surface area contributed by atoms with Crippen LogP contribution in [0.3, 0.4) is 0 Å². The molecule has 0 aromatic heterocycles. The van der Waals surface area contributed by atoms with Gasteiger partial charge in [-0.2, -0.15) is 0 Å². The lowest BCUT2D eigenvalue weighted by Gasteiger charge is -2.25. The van der Waals surface area contributed by atoms with E-state index in [1.165, 1.54) is 23.9 Å². The monoisotopic (exact) mass is 255 g/mol. The minimum absolute atomic E-state index is 0.00911. The summed E-state index contributed by atoms with van der Waals surface area (Å²) < 4.78 is 13.1. The Morgan fingerprint density at radius 2 is 2.41 bits per heavy atom.